The van der Waals surface area contributed by atoms with Crippen molar-refractivity contribution in [3.63, 3.8) is 0 Å². The van der Waals surface area contributed by atoms with Crippen LogP contribution in [0.2, 0.25) is 0 Å². The van der Waals surface area contributed by atoms with E-state index in [1.54, 1.807) is 36.4 Å². The fourth-order valence-corrected chi connectivity index (χ4v) is 5.04. The number of ether oxygens (including phenoxy) is 1. The molecule has 2 N–H and O–H groups in total. The molecule has 2 heterocycles. The van der Waals surface area contributed by atoms with E-state index < -0.39 is 15.9 Å². The summed E-state index contributed by atoms with van der Waals surface area (Å²) >= 11 is 0. The van der Waals surface area contributed by atoms with Crippen LogP contribution in [0.5, 0.6) is 11.6 Å². The quantitative estimate of drug-likeness (QED) is 0.381. The molecule has 0 fully saturated rings. The van der Waals surface area contributed by atoms with Gasteiger partial charge < -0.3 is 10.1 Å². The van der Waals surface area contributed by atoms with Gasteiger partial charge in [-0.25, -0.2) is 18.1 Å². The molecule has 176 valence electrons. The molecule has 3 aromatic carbocycles. The number of sulfonamides is 1. The van der Waals surface area contributed by atoms with Crippen molar-refractivity contribution in [3.05, 3.63) is 89.0 Å². The van der Waals surface area contributed by atoms with Gasteiger partial charge in [0.15, 0.2) is 0 Å². The molecule has 1 amide bonds. The van der Waals surface area contributed by atoms with Gasteiger partial charge in [-0.15, -0.1) is 0 Å². The van der Waals surface area contributed by atoms with Crippen molar-refractivity contribution in [1.29, 1.82) is 0 Å². The minimum Gasteiger partial charge on any atom is -0.439 e. The minimum absolute atomic E-state index is 0.0409. The fourth-order valence-electron chi connectivity index (χ4n) is 4.05. The minimum atomic E-state index is -4.05. The Balaban J connectivity index is 1.74. The maximum Gasteiger partial charge on any atom is 0.264 e. The first-order chi connectivity index (χ1) is 16.7. The molecular weight excluding hydrogens is 464 g/mol. The van der Waals surface area contributed by atoms with Gasteiger partial charge in [0.25, 0.3) is 15.9 Å². The van der Waals surface area contributed by atoms with E-state index in [-0.39, 0.29) is 16.7 Å². The van der Waals surface area contributed by atoms with Crippen LogP contribution in [0.3, 0.4) is 0 Å². The van der Waals surface area contributed by atoms with E-state index in [4.69, 9.17) is 4.74 Å². The molecule has 0 aliphatic carbocycles. The summed E-state index contributed by atoms with van der Waals surface area (Å²) in [6, 6.07) is 18.6. The summed E-state index contributed by atoms with van der Waals surface area (Å²) in [5, 5.41) is 2.74. The van der Waals surface area contributed by atoms with E-state index >= 15 is 0 Å². The topological polar surface area (TPSA) is 110 Å². The van der Waals surface area contributed by atoms with E-state index in [1.165, 1.54) is 12.1 Å². The summed E-state index contributed by atoms with van der Waals surface area (Å²) < 4.78 is 34.8. The molecule has 0 atom stereocenters. The van der Waals surface area contributed by atoms with Crippen LogP contribution in [0, 0.1) is 20.8 Å². The third-order valence-corrected chi connectivity index (χ3v) is 6.93. The standard InChI is InChI=1S/C26H22N4O4S/c1-15-10-18-12-20(11-15)34-23-14-22(24-16(2)6-4-7-17(24)3)28-26(29-23)30-35(32,33)21-9-5-8-19(13-21)27-25(18)31/h4-14H,1-3H3,(H,27,31)(H,28,29,30). The third-order valence-electron chi connectivity index (χ3n) is 5.60. The van der Waals surface area contributed by atoms with Gasteiger partial charge in [0.2, 0.25) is 11.8 Å². The van der Waals surface area contributed by atoms with Crippen LogP contribution < -0.4 is 14.8 Å². The average molecular weight is 487 g/mol. The maximum absolute atomic E-state index is 13.2. The lowest BCUT2D eigenvalue weighted by Gasteiger charge is -2.15. The highest BCUT2D eigenvalue weighted by atomic mass is 32.2. The number of nitrogens with zero attached hydrogens (tertiary/aromatic N) is 2. The van der Waals surface area contributed by atoms with Crippen molar-refractivity contribution in [2.24, 2.45) is 0 Å². The van der Waals surface area contributed by atoms with Crippen molar-refractivity contribution in [2.45, 2.75) is 25.7 Å². The normalized spacial score (nSPS) is 14.2. The Hall–Kier alpha value is -4.24. The van der Waals surface area contributed by atoms with Crippen LogP contribution >= 0.6 is 0 Å². The predicted octanol–water partition coefficient (Wildman–Crippen LogP) is 5.23. The summed E-state index contributed by atoms with van der Waals surface area (Å²) in [5.41, 5.74) is 4.83. The highest BCUT2D eigenvalue weighted by Crippen LogP contribution is 2.32. The Labute approximate surface area is 203 Å². The smallest absolute Gasteiger partial charge is 0.264 e. The van der Waals surface area contributed by atoms with Crippen LogP contribution in [0.25, 0.3) is 11.3 Å². The number of hydrogen-bond acceptors (Lipinski definition) is 6. The molecule has 0 saturated carbocycles. The van der Waals surface area contributed by atoms with Gasteiger partial charge in [0, 0.05) is 22.9 Å². The number of benzene rings is 3. The number of nitrogens with one attached hydrogen (secondary N) is 2. The molecular formula is C26H22N4O4S. The number of amides is 1. The second-order valence-corrected chi connectivity index (χ2v) is 10.1. The molecule has 35 heavy (non-hydrogen) atoms. The molecule has 0 unspecified atom stereocenters. The number of hydrogen-bond donors (Lipinski definition) is 2. The molecule has 0 saturated heterocycles. The van der Waals surface area contributed by atoms with Crippen LogP contribution in [0.1, 0.15) is 27.0 Å². The zero-order valence-corrected chi connectivity index (χ0v) is 20.1. The lowest BCUT2D eigenvalue weighted by molar-refractivity contribution is 0.102. The molecule has 0 spiro atoms. The largest absolute Gasteiger partial charge is 0.439 e. The third kappa shape index (κ3) is 4.58. The number of carbonyl (C=O) groups excluding carboxylic acids is 1. The number of aromatic nitrogens is 2. The monoisotopic (exact) mass is 486 g/mol. The average Bonchev–Trinajstić information content (AvgIpc) is 2.78. The van der Waals surface area contributed by atoms with E-state index in [2.05, 4.69) is 20.0 Å². The lowest BCUT2D eigenvalue weighted by Crippen LogP contribution is -2.17. The summed E-state index contributed by atoms with van der Waals surface area (Å²) in [6.07, 6.45) is 0. The molecule has 0 radical (unpaired) electrons. The Kier molecular flexibility index (Phi) is 5.49. The van der Waals surface area contributed by atoms with Crippen molar-refractivity contribution < 1.29 is 17.9 Å². The van der Waals surface area contributed by atoms with Gasteiger partial charge in [-0.1, -0.05) is 24.3 Å². The van der Waals surface area contributed by atoms with Gasteiger partial charge in [0.05, 0.1) is 10.6 Å². The van der Waals surface area contributed by atoms with E-state index in [0.29, 0.717) is 22.7 Å². The van der Waals surface area contributed by atoms with Crippen molar-refractivity contribution in [1.82, 2.24) is 9.97 Å². The molecule has 5 rings (SSSR count). The first-order valence-corrected chi connectivity index (χ1v) is 12.4. The molecule has 1 aliphatic rings. The van der Waals surface area contributed by atoms with E-state index in [1.807, 2.05) is 39.0 Å². The van der Waals surface area contributed by atoms with Crippen molar-refractivity contribution >= 4 is 27.6 Å². The zero-order valence-electron chi connectivity index (χ0n) is 19.3. The first-order valence-electron chi connectivity index (χ1n) is 10.9. The Morgan fingerprint density at radius 2 is 1.60 bits per heavy atom. The summed E-state index contributed by atoms with van der Waals surface area (Å²) in [5.74, 6) is 0.0105. The number of aryl methyl sites for hydroxylation is 3. The number of carbonyl (C=O) groups is 1. The van der Waals surface area contributed by atoms with Crippen molar-refractivity contribution in [2.75, 3.05) is 10.0 Å². The molecule has 4 aromatic rings. The number of rotatable bonds is 1. The molecule has 1 aromatic heterocycles. The lowest BCUT2D eigenvalue weighted by atomic mass is 10.00. The van der Waals surface area contributed by atoms with Crippen LogP contribution in [0.15, 0.2) is 71.6 Å². The van der Waals surface area contributed by atoms with E-state index in [0.717, 1.165) is 22.3 Å². The van der Waals surface area contributed by atoms with Crippen molar-refractivity contribution in [3.8, 4) is 22.9 Å². The van der Waals surface area contributed by atoms with Crippen LogP contribution in [-0.4, -0.2) is 24.3 Å². The number of anilines is 2. The highest BCUT2D eigenvalue weighted by molar-refractivity contribution is 7.92. The SMILES string of the molecule is Cc1cc2cc(c1)C(=O)Nc1cccc(c1)S(=O)(=O)Nc1nc(cc(-c3c(C)cccc3C)n1)O2. The van der Waals surface area contributed by atoms with Gasteiger partial charge in [-0.3, -0.25) is 4.79 Å². The predicted molar refractivity (Wildman–Crippen MR) is 133 cm³/mol. The van der Waals surface area contributed by atoms with E-state index in [9.17, 15) is 13.2 Å². The molecule has 8 nitrogen and oxygen atoms in total. The zero-order chi connectivity index (χ0) is 24.7. The Bertz CT molecular complexity index is 1580. The van der Waals surface area contributed by atoms with Gasteiger partial charge >= 0.3 is 0 Å². The second-order valence-electron chi connectivity index (χ2n) is 8.41. The summed E-state index contributed by atoms with van der Waals surface area (Å²) in [4.78, 5) is 21.7. The Morgan fingerprint density at radius 3 is 2.37 bits per heavy atom. The van der Waals surface area contributed by atoms with Gasteiger partial charge in [0.1, 0.15) is 5.75 Å². The number of fused-ring (bicyclic) bond motifs is 6. The van der Waals surface area contributed by atoms with Crippen LogP contribution in [0.4, 0.5) is 11.6 Å². The first kappa shape index (κ1) is 22.5. The second kappa shape index (κ2) is 8.52. The molecule has 1 aliphatic heterocycles. The summed E-state index contributed by atoms with van der Waals surface area (Å²) in [6.45, 7) is 5.77. The fraction of sp³-hybridized carbons (Fsp3) is 0.115. The maximum atomic E-state index is 13.2. The molecule has 9 heteroatoms. The van der Waals surface area contributed by atoms with Gasteiger partial charge in [-0.05, 0) is 73.9 Å². The van der Waals surface area contributed by atoms with Gasteiger partial charge in [-0.2, -0.15) is 4.98 Å². The summed E-state index contributed by atoms with van der Waals surface area (Å²) in [7, 11) is -4.05. The highest BCUT2D eigenvalue weighted by Gasteiger charge is 2.21. The Morgan fingerprint density at radius 1 is 0.857 bits per heavy atom. The van der Waals surface area contributed by atoms with Crippen LogP contribution in [-0.2, 0) is 10.0 Å². The molecule has 6 bridgehead atoms.